The van der Waals surface area contributed by atoms with Gasteiger partial charge in [0.05, 0.1) is 0 Å². The Morgan fingerprint density at radius 3 is 2.05 bits per heavy atom. The number of rotatable bonds is 5. The second kappa shape index (κ2) is 7.28. The van der Waals surface area contributed by atoms with Crippen LogP contribution in [0.1, 0.15) is 11.1 Å². The molecule has 0 atom stereocenters. The van der Waals surface area contributed by atoms with E-state index in [1.54, 1.807) is 12.2 Å². The summed E-state index contributed by atoms with van der Waals surface area (Å²) in [5.74, 6) is -1.25. The zero-order valence-electron chi connectivity index (χ0n) is 12.0. The van der Waals surface area contributed by atoms with Crippen molar-refractivity contribution in [2.24, 2.45) is 0 Å². The Morgan fingerprint density at radius 2 is 1.60 bits per heavy atom. The van der Waals surface area contributed by atoms with Crippen molar-refractivity contribution >= 4 is 17.5 Å². The van der Waals surface area contributed by atoms with Gasteiger partial charge >= 0.3 is 11.8 Å². The zero-order valence-corrected chi connectivity index (χ0v) is 12.0. The van der Waals surface area contributed by atoms with Crippen LogP contribution >= 0.6 is 0 Å². The van der Waals surface area contributed by atoms with Crippen molar-refractivity contribution in [1.82, 2.24) is 4.90 Å². The second-order valence-electron chi connectivity index (χ2n) is 4.62. The maximum absolute atomic E-state index is 12.0. The summed E-state index contributed by atoms with van der Waals surface area (Å²) in [6, 6.07) is 5.65. The highest BCUT2D eigenvalue weighted by molar-refractivity contribution is 6.39. The maximum Gasteiger partial charge on any atom is 0.313 e. The second-order valence-corrected chi connectivity index (χ2v) is 4.62. The van der Waals surface area contributed by atoms with Gasteiger partial charge in [0.15, 0.2) is 0 Å². The van der Waals surface area contributed by atoms with Gasteiger partial charge in [-0.1, -0.05) is 18.2 Å². The predicted molar refractivity (Wildman–Crippen MR) is 81.5 cm³/mol. The van der Waals surface area contributed by atoms with Gasteiger partial charge in [-0.15, -0.1) is 13.2 Å². The van der Waals surface area contributed by atoms with E-state index in [-0.39, 0.29) is 0 Å². The van der Waals surface area contributed by atoms with Crippen molar-refractivity contribution in [1.29, 1.82) is 0 Å². The molecule has 0 aromatic heterocycles. The van der Waals surface area contributed by atoms with Crippen LogP contribution in [0, 0.1) is 13.8 Å². The first-order chi connectivity index (χ1) is 9.47. The van der Waals surface area contributed by atoms with E-state index < -0.39 is 11.8 Å². The number of nitrogens with one attached hydrogen (secondary N) is 1. The van der Waals surface area contributed by atoms with Crippen molar-refractivity contribution < 1.29 is 9.59 Å². The Labute approximate surface area is 119 Å². The van der Waals surface area contributed by atoms with E-state index in [0.717, 1.165) is 11.1 Å². The summed E-state index contributed by atoms with van der Waals surface area (Å²) < 4.78 is 0. The van der Waals surface area contributed by atoms with Crippen LogP contribution in [-0.2, 0) is 9.59 Å². The number of hydrogen-bond donors (Lipinski definition) is 1. The smallest absolute Gasteiger partial charge is 0.313 e. The molecule has 1 aromatic rings. The summed E-state index contributed by atoms with van der Waals surface area (Å²) >= 11 is 0. The number of hydrogen-bond acceptors (Lipinski definition) is 2. The molecule has 0 saturated carbocycles. The highest BCUT2D eigenvalue weighted by Crippen LogP contribution is 2.13. The molecule has 1 N–H and O–H groups in total. The summed E-state index contributed by atoms with van der Waals surface area (Å²) in [7, 11) is 0. The molecule has 0 heterocycles. The standard InChI is InChI=1S/C16H20N2O2/c1-5-7-18(8-6-2)16(20)15(19)17-14-10-12(3)9-13(4)11-14/h5-6,9-11H,1-2,7-8H2,3-4H3,(H,17,19). The fourth-order valence-corrected chi connectivity index (χ4v) is 1.93. The maximum atomic E-state index is 12.0. The van der Waals surface area contributed by atoms with Crippen molar-refractivity contribution in [3.05, 3.63) is 54.6 Å². The fraction of sp³-hybridized carbons (Fsp3) is 0.250. The van der Waals surface area contributed by atoms with Crippen LogP contribution in [0.5, 0.6) is 0 Å². The van der Waals surface area contributed by atoms with Crippen molar-refractivity contribution in [3.63, 3.8) is 0 Å². The van der Waals surface area contributed by atoms with Gasteiger partial charge in [0.1, 0.15) is 0 Å². The minimum Gasteiger partial charge on any atom is -0.327 e. The van der Waals surface area contributed by atoms with E-state index >= 15 is 0 Å². The highest BCUT2D eigenvalue weighted by Gasteiger charge is 2.20. The minimum atomic E-state index is -0.654. The van der Waals surface area contributed by atoms with Crippen LogP contribution in [-0.4, -0.2) is 29.8 Å². The van der Waals surface area contributed by atoms with Gasteiger partial charge in [0.25, 0.3) is 0 Å². The Morgan fingerprint density at radius 1 is 1.10 bits per heavy atom. The summed E-state index contributed by atoms with van der Waals surface area (Å²) in [5.41, 5.74) is 2.68. The Kier molecular flexibility index (Phi) is 5.72. The third kappa shape index (κ3) is 4.39. The first-order valence-corrected chi connectivity index (χ1v) is 6.38. The first kappa shape index (κ1) is 15.7. The third-order valence-electron chi connectivity index (χ3n) is 2.66. The Hall–Kier alpha value is -2.36. The van der Waals surface area contributed by atoms with Gasteiger partial charge < -0.3 is 10.2 Å². The number of carbonyl (C=O) groups excluding carboxylic acids is 2. The molecule has 1 aromatic carbocycles. The zero-order chi connectivity index (χ0) is 15.1. The lowest BCUT2D eigenvalue weighted by Crippen LogP contribution is -2.39. The molecule has 0 spiro atoms. The van der Waals surface area contributed by atoms with Crippen LogP contribution in [0.2, 0.25) is 0 Å². The number of nitrogens with zero attached hydrogens (tertiary/aromatic N) is 1. The Balaban J connectivity index is 2.80. The summed E-state index contributed by atoms with van der Waals surface area (Å²) in [6.07, 6.45) is 3.15. The molecule has 0 unspecified atom stereocenters. The molecular formula is C16H20N2O2. The number of aryl methyl sites for hydroxylation is 2. The highest BCUT2D eigenvalue weighted by atomic mass is 16.2. The predicted octanol–water partition coefficient (Wildman–Crippen LogP) is 2.44. The number of amides is 2. The molecule has 1 rings (SSSR count). The van der Waals surface area contributed by atoms with Crippen molar-refractivity contribution in [2.75, 3.05) is 18.4 Å². The molecule has 106 valence electrons. The van der Waals surface area contributed by atoms with Crippen molar-refractivity contribution in [3.8, 4) is 0 Å². The lowest BCUT2D eigenvalue weighted by molar-refractivity contribution is -0.142. The van der Waals surface area contributed by atoms with E-state index in [1.165, 1.54) is 4.90 Å². The van der Waals surface area contributed by atoms with Gasteiger partial charge in [-0.2, -0.15) is 0 Å². The molecule has 0 aliphatic rings. The van der Waals surface area contributed by atoms with Crippen LogP contribution in [0.4, 0.5) is 5.69 Å². The molecule has 0 bridgehead atoms. The normalized spacial score (nSPS) is 9.70. The molecule has 0 radical (unpaired) electrons. The lowest BCUT2D eigenvalue weighted by Gasteiger charge is -2.18. The van der Waals surface area contributed by atoms with Crippen LogP contribution < -0.4 is 5.32 Å². The molecule has 0 saturated heterocycles. The molecule has 2 amide bonds. The quantitative estimate of drug-likeness (QED) is 0.661. The molecule has 20 heavy (non-hydrogen) atoms. The van der Waals surface area contributed by atoms with E-state index in [4.69, 9.17) is 0 Å². The average molecular weight is 272 g/mol. The Bertz CT molecular complexity index is 505. The van der Waals surface area contributed by atoms with Gasteiger partial charge in [-0.25, -0.2) is 0 Å². The van der Waals surface area contributed by atoms with E-state index in [0.29, 0.717) is 18.8 Å². The molecule has 0 aliphatic carbocycles. The number of anilines is 1. The summed E-state index contributed by atoms with van der Waals surface area (Å²) in [5, 5.41) is 2.62. The fourth-order valence-electron chi connectivity index (χ4n) is 1.93. The van der Waals surface area contributed by atoms with Crippen LogP contribution in [0.15, 0.2) is 43.5 Å². The average Bonchev–Trinajstić information content (AvgIpc) is 2.36. The van der Waals surface area contributed by atoms with Crippen LogP contribution in [0.25, 0.3) is 0 Å². The largest absolute Gasteiger partial charge is 0.327 e. The molecule has 4 nitrogen and oxygen atoms in total. The van der Waals surface area contributed by atoms with Crippen molar-refractivity contribution in [2.45, 2.75) is 13.8 Å². The number of benzene rings is 1. The van der Waals surface area contributed by atoms with E-state index in [1.807, 2.05) is 32.0 Å². The van der Waals surface area contributed by atoms with Crippen LogP contribution in [0.3, 0.4) is 0 Å². The van der Waals surface area contributed by atoms with E-state index in [2.05, 4.69) is 18.5 Å². The molecule has 0 aliphatic heterocycles. The first-order valence-electron chi connectivity index (χ1n) is 6.38. The minimum absolute atomic E-state index is 0.311. The SMILES string of the molecule is C=CCN(CC=C)C(=O)C(=O)Nc1cc(C)cc(C)c1. The number of carbonyl (C=O) groups is 2. The monoisotopic (exact) mass is 272 g/mol. The summed E-state index contributed by atoms with van der Waals surface area (Å²) in [6.45, 7) is 11.6. The molecule has 4 heteroatoms. The van der Waals surface area contributed by atoms with Gasteiger partial charge in [0, 0.05) is 18.8 Å². The van der Waals surface area contributed by atoms with Gasteiger partial charge in [-0.05, 0) is 37.1 Å². The van der Waals surface area contributed by atoms with E-state index in [9.17, 15) is 9.59 Å². The molecule has 0 fully saturated rings. The topological polar surface area (TPSA) is 49.4 Å². The molecular weight excluding hydrogens is 252 g/mol. The third-order valence-corrected chi connectivity index (χ3v) is 2.66. The summed E-state index contributed by atoms with van der Waals surface area (Å²) in [4.78, 5) is 25.3. The lowest BCUT2D eigenvalue weighted by atomic mass is 10.1. The van der Waals surface area contributed by atoms with Gasteiger partial charge in [-0.3, -0.25) is 9.59 Å². The van der Waals surface area contributed by atoms with Gasteiger partial charge in [0.2, 0.25) is 0 Å².